The minimum absolute atomic E-state index is 0.113. The van der Waals surface area contributed by atoms with Gasteiger partial charge in [0.05, 0.1) is 61.9 Å². The van der Waals surface area contributed by atoms with E-state index in [1.54, 1.807) is 48.5 Å². The average molecular weight is 1360 g/mol. The second kappa shape index (κ2) is 37.1. The smallest absolute Gasteiger partial charge is 0.364 e. The highest BCUT2D eigenvalue weighted by molar-refractivity contribution is 7.99. The van der Waals surface area contributed by atoms with Crippen LogP contribution in [-0.4, -0.2) is 224 Å². The van der Waals surface area contributed by atoms with Crippen LogP contribution in [0.1, 0.15) is 86.9 Å². The number of nitrogens with two attached hydrogens (primary N) is 1. The number of carboxylic acid groups (broad SMARTS) is 2. The summed E-state index contributed by atoms with van der Waals surface area (Å²) in [4.78, 5) is 90.1. The van der Waals surface area contributed by atoms with Crippen LogP contribution in [0.15, 0.2) is 127 Å². The van der Waals surface area contributed by atoms with Crippen molar-refractivity contribution in [3.63, 3.8) is 0 Å². The second-order valence-electron chi connectivity index (χ2n) is 22.7. The van der Waals surface area contributed by atoms with Crippen molar-refractivity contribution in [2.75, 3.05) is 75.6 Å². The Kier molecular flexibility index (Phi) is 29.2. The molecule has 28 heteroatoms. The molecule has 0 aliphatic carbocycles. The van der Waals surface area contributed by atoms with Crippen LogP contribution >= 0.6 is 23.5 Å². The number of aliphatic hydroxyl groups excluding tert-OH is 6. The molecule has 2 fully saturated rings. The number of carbonyl (C=O) groups is 7. The van der Waals surface area contributed by atoms with E-state index in [-0.39, 0.29) is 68.2 Å². The molecule has 0 unspecified atom stereocenters. The summed E-state index contributed by atoms with van der Waals surface area (Å²) in [5, 5.41) is 99.9. The first-order valence-electron chi connectivity index (χ1n) is 31.2. The summed E-state index contributed by atoms with van der Waals surface area (Å²) in [6.07, 6.45) is -13.2. The van der Waals surface area contributed by atoms with Gasteiger partial charge in [-0.2, -0.15) is 23.5 Å². The molecule has 2 saturated heterocycles. The second-order valence-corrected chi connectivity index (χ2v) is 25.2. The highest BCUT2D eigenvalue weighted by Gasteiger charge is 2.56. The lowest BCUT2D eigenvalue weighted by atomic mass is 9.88. The third kappa shape index (κ3) is 21.7. The molecular weight excluding hydrogens is 1270 g/mol. The molecule has 0 aromatic heterocycles. The molecule has 11 atom stereocenters. The normalized spacial score (nSPS) is 21.4. The van der Waals surface area contributed by atoms with Crippen molar-refractivity contribution in [1.82, 2.24) is 26.6 Å². The Hall–Kier alpha value is -7.55. The Morgan fingerprint density at radius 2 is 1.04 bits per heavy atom. The van der Waals surface area contributed by atoms with E-state index in [1.807, 2.05) is 60.7 Å². The maximum atomic E-state index is 13.4. The van der Waals surface area contributed by atoms with E-state index < -0.39 is 134 Å². The highest BCUT2D eigenvalue weighted by atomic mass is 32.2. The number of nitrogens with one attached hydrogen (secondary N) is 5. The molecule has 2 heterocycles. The molecule has 5 amide bonds. The lowest BCUT2D eigenvalue weighted by molar-refractivity contribution is -0.310. The van der Waals surface area contributed by atoms with E-state index in [0.29, 0.717) is 48.0 Å². The zero-order chi connectivity index (χ0) is 68.5. The van der Waals surface area contributed by atoms with Gasteiger partial charge in [0, 0.05) is 80.6 Å². The molecule has 7 rings (SSSR count). The zero-order valence-electron chi connectivity index (χ0n) is 52.4. The van der Waals surface area contributed by atoms with Gasteiger partial charge in [-0.05, 0) is 102 Å². The Bertz CT molecular complexity index is 3310. The number of thioether (sulfide) groups is 2. The molecule has 0 saturated carbocycles. The molecule has 26 nitrogen and oxygen atoms in total. The molecule has 15 N–H and O–H groups in total. The Balaban J connectivity index is 0.798. The lowest BCUT2D eigenvalue weighted by Crippen LogP contribution is -2.68. The number of carboxylic acids is 2. The minimum Gasteiger partial charge on any atom is -0.493 e. The number of aliphatic hydroxyl groups is 6. The summed E-state index contributed by atoms with van der Waals surface area (Å²) in [7, 11) is 0. The summed E-state index contributed by atoms with van der Waals surface area (Å²) in [5.74, 6) is -8.72. The van der Waals surface area contributed by atoms with E-state index >= 15 is 0 Å². The van der Waals surface area contributed by atoms with Crippen LogP contribution in [-0.2, 0) is 33.3 Å². The zero-order valence-corrected chi connectivity index (χ0v) is 54.1. The van der Waals surface area contributed by atoms with Crippen LogP contribution < -0.4 is 37.1 Å². The van der Waals surface area contributed by atoms with Gasteiger partial charge in [-0.15, -0.1) is 0 Å². The fourth-order valence-corrected chi connectivity index (χ4v) is 12.1. The Morgan fingerprint density at radius 1 is 0.568 bits per heavy atom. The Labute approximate surface area is 558 Å². The molecule has 2 aliphatic rings. The van der Waals surface area contributed by atoms with Gasteiger partial charge >= 0.3 is 11.9 Å². The van der Waals surface area contributed by atoms with Crippen molar-refractivity contribution in [2.24, 2.45) is 5.73 Å². The van der Waals surface area contributed by atoms with Crippen molar-refractivity contribution in [3.8, 4) is 28.0 Å². The van der Waals surface area contributed by atoms with Crippen molar-refractivity contribution >= 4 is 65.0 Å². The number of hydrogen-bond acceptors (Lipinski definition) is 21. The van der Waals surface area contributed by atoms with Gasteiger partial charge in [0.2, 0.25) is 5.91 Å². The predicted molar refractivity (Wildman–Crippen MR) is 352 cm³/mol. The van der Waals surface area contributed by atoms with Gasteiger partial charge in [0.1, 0.15) is 24.1 Å². The summed E-state index contributed by atoms with van der Waals surface area (Å²) < 4.78 is 29.0. The first-order chi connectivity index (χ1) is 45.6. The van der Waals surface area contributed by atoms with Crippen LogP contribution in [0, 0.1) is 0 Å². The van der Waals surface area contributed by atoms with E-state index in [2.05, 4.69) is 26.6 Å². The van der Waals surface area contributed by atoms with Crippen LogP contribution in [0.3, 0.4) is 0 Å². The lowest BCUT2D eigenvalue weighted by Gasteiger charge is -2.46. The number of hydrogen-bond donors (Lipinski definition) is 14. The molecule has 0 bridgehead atoms. The molecule has 2 aliphatic heterocycles. The third-order valence-corrected chi connectivity index (χ3v) is 17.7. The predicted octanol–water partition coefficient (Wildman–Crippen LogP) is 2.55. The number of ether oxygens (including phenoxy) is 5. The van der Waals surface area contributed by atoms with E-state index in [1.165, 1.54) is 41.7 Å². The first kappa shape index (κ1) is 74.8. The Morgan fingerprint density at radius 3 is 1.55 bits per heavy atom. The van der Waals surface area contributed by atoms with Crippen molar-refractivity contribution in [3.05, 3.63) is 150 Å². The van der Waals surface area contributed by atoms with Gasteiger partial charge in [-0.1, -0.05) is 84.9 Å². The monoisotopic (exact) mass is 1360 g/mol. The topological polar surface area (TPSA) is 414 Å². The maximum Gasteiger partial charge on any atom is 0.364 e. The van der Waals surface area contributed by atoms with Crippen molar-refractivity contribution in [1.29, 1.82) is 0 Å². The van der Waals surface area contributed by atoms with Gasteiger partial charge in [0.15, 0.2) is 0 Å². The van der Waals surface area contributed by atoms with Crippen LogP contribution in [0.5, 0.6) is 5.75 Å². The average Bonchev–Trinajstić information content (AvgIpc) is 0.781. The quantitative estimate of drug-likeness (QED) is 0.0254. The SMILES string of the molecule is CC(=O)N[C@H]1[C@H]([C@H](O)[C@H](O)CNC(=O)c2ccc(-c3ccccc3)cc2)O[C@@](OCCCSCCNC(=O)c2ccc(C(=O)NCCSCCCO[C@]3(C(=O)O)C[C@H](O)C[C@H]([C@H](O)[C@H](O)CNC(=O)c4ccc(-c5ccccc5)cc4)O3)cc2OCCCN)(C(=O)O)C[C@@H]1O. The summed E-state index contributed by atoms with van der Waals surface area (Å²) in [5.41, 5.74) is 10.3. The molecule has 514 valence electrons. The van der Waals surface area contributed by atoms with Gasteiger partial charge in [-0.25, -0.2) is 9.59 Å². The molecule has 5 aromatic rings. The number of amides is 5. The molecule has 0 spiro atoms. The van der Waals surface area contributed by atoms with Crippen molar-refractivity contribution < 1.29 is 98.1 Å². The minimum atomic E-state index is -2.50. The van der Waals surface area contributed by atoms with Gasteiger partial charge < -0.3 is 96.9 Å². The number of rotatable bonds is 37. The highest BCUT2D eigenvalue weighted by Crippen LogP contribution is 2.36. The number of carbonyl (C=O) groups excluding carboxylic acids is 5. The van der Waals surface area contributed by atoms with Crippen molar-refractivity contribution in [2.45, 2.75) is 112 Å². The standard InChI is InChI=1S/C67H84N6O20S2/c1-41(74)73-56-51(76)38-67(65(87)88,93-59(56)58(80)53(78)40-72-61(82)47-21-17-45(18-22-47)43-13-6-3-7-14-43)91-30-10-32-95-34-27-70-63(84)50-24-23-48(35-54(50)89-28-8-25-68)62(83)69-26-33-94-31-9-29-90-66(64(85)86)37-49(75)36-55(92-66)57(79)52(77)39-71-60(81)46-19-15-44(16-20-46)42-11-4-2-5-12-42/h2-7,11-24,35,49,51-53,55-59,75-80H,8-10,25-34,36-40,68H2,1H3,(H,69,83)(H,70,84)(H,71,81)(H,72,82)(H,73,74)(H,85,86)(H,87,88)/t49-,51+,52-,53-,55-,56-,57-,58-,59-,66-,67-/m1/s1. The van der Waals surface area contributed by atoms with E-state index in [0.717, 1.165) is 29.2 Å². The van der Waals surface area contributed by atoms with E-state index in [4.69, 9.17) is 29.4 Å². The number of benzene rings is 5. The van der Waals surface area contributed by atoms with E-state index in [9.17, 15) is 74.4 Å². The fourth-order valence-electron chi connectivity index (χ4n) is 10.6. The molecule has 95 heavy (non-hydrogen) atoms. The maximum absolute atomic E-state index is 13.4. The largest absolute Gasteiger partial charge is 0.493 e. The molecule has 5 aromatic carbocycles. The first-order valence-corrected chi connectivity index (χ1v) is 33.5. The fraction of sp³-hybridized carbons (Fsp3) is 0.448. The van der Waals surface area contributed by atoms with Crippen LogP contribution in [0.4, 0.5) is 0 Å². The summed E-state index contributed by atoms with van der Waals surface area (Å²) in [6, 6.07) is 35.6. The summed E-state index contributed by atoms with van der Waals surface area (Å²) >= 11 is 2.85. The van der Waals surface area contributed by atoms with Crippen LogP contribution in [0.2, 0.25) is 0 Å². The third-order valence-electron chi connectivity index (χ3n) is 15.6. The van der Waals surface area contributed by atoms with Gasteiger partial charge in [-0.3, -0.25) is 24.0 Å². The van der Waals surface area contributed by atoms with Crippen LogP contribution in [0.25, 0.3) is 22.3 Å². The molecule has 0 radical (unpaired) electrons. The molecular formula is C67H84N6O20S2. The number of aliphatic carboxylic acids is 2. The summed E-state index contributed by atoms with van der Waals surface area (Å²) in [6.45, 7) is 0.838. The van der Waals surface area contributed by atoms with Gasteiger partial charge in [0.25, 0.3) is 35.2 Å².